The zero-order valence-electron chi connectivity index (χ0n) is 8.67. The van der Waals surface area contributed by atoms with Crippen molar-refractivity contribution >= 4 is 11.8 Å². The van der Waals surface area contributed by atoms with Gasteiger partial charge >= 0.3 is 0 Å². The number of nitrogens with zero attached hydrogens (tertiary/aromatic N) is 1. The molecule has 0 aliphatic rings. The first-order chi connectivity index (χ1) is 6.63. The van der Waals surface area contributed by atoms with Crippen molar-refractivity contribution in [3.05, 3.63) is 0 Å². The minimum Gasteiger partial charge on any atom is -0.355 e. The Balaban J connectivity index is 3.89. The smallest absolute Gasteiger partial charge is 0.248 e. The normalized spacial score (nSPS) is 10.0. The van der Waals surface area contributed by atoms with Gasteiger partial charge in [-0.2, -0.15) is 0 Å². The summed E-state index contributed by atoms with van der Waals surface area (Å²) in [5, 5.41) is 2.66. The van der Waals surface area contributed by atoms with E-state index < -0.39 is 0 Å². The molecule has 0 aliphatic heterocycles. The molecule has 0 aromatic heterocycles. The summed E-state index contributed by atoms with van der Waals surface area (Å²) >= 11 is 0. The molecule has 0 saturated heterocycles. The molecule has 0 saturated carbocycles. The third-order valence-electron chi connectivity index (χ3n) is 1.72. The fraction of sp³-hybridized carbons (Fsp3) is 0.750. The highest BCUT2D eigenvalue weighted by Gasteiger charge is 2.11. The third-order valence-corrected chi connectivity index (χ3v) is 1.72. The molecule has 0 fully saturated rings. The first-order valence-electron chi connectivity index (χ1n) is 4.62. The van der Waals surface area contributed by atoms with E-state index in [9.17, 15) is 9.59 Å². The molecule has 0 atom stereocenters. The maximum Gasteiger partial charge on any atom is 0.248 e. The largest absolute Gasteiger partial charge is 0.355 e. The Bertz CT molecular complexity index is 196. The SMILES string of the molecule is CCNC(=O)CN(CC)CC(=O)NN. The fourth-order valence-electron chi connectivity index (χ4n) is 0.984. The van der Waals surface area contributed by atoms with E-state index in [1.807, 2.05) is 19.3 Å². The predicted molar refractivity (Wildman–Crippen MR) is 53.1 cm³/mol. The van der Waals surface area contributed by atoms with Crippen LogP contribution in [-0.2, 0) is 9.59 Å². The average molecular weight is 202 g/mol. The van der Waals surface area contributed by atoms with E-state index in [1.54, 1.807) is 4.90 Å². The number of carbonyl (C=O) groups excluding carboxylic acids is 2. The van der Waals surface area contributed by atoms with E-state index in [4.69, 9.17) is 5.84 Å². The molecule has 0 aromatic rings. The van der Waals surface area contributed by atoms with E-state index in [-0.39, 0.29) is 24.9 Å². The summed E-state index contributed by atoms with van der Waals surface area (Å²) in [5.41, 5.74) is 2.02. The van der Waals surface area contributed by atoms with Crippen molar-refractivity contribution in [2.45, 2.75) is 13.8 Å². The third kappa shape index (κ3) is 5.50. The van der Waals surface area contributed by atoms with Crippen LogP contribution < -0.4 is 16.6 Å². The van der Waals surface area contributed by atoms with Crippen molar-refractivity contribution in [1.82, 2.24) is 15.6 Å². The molecule has 0 spiro atoms. The van der Waals surface area contributed by atoms with Crippen LogP contribution in [0, 0.1) is 0 Å². The molecule has 14 heavy (non-hydrogen) atoms. The number of likely N-dealkylation sites (N-methyl/N-ethyl adjacent to an activating group) is 2. The van der Waals surface area contributed by atoms with Gasteiger partial charge in [-0.1, -0.05) is 6.92 Å². The Kier molecular flexibility index (Phi) is 6.69. The summed E-state index contributed by atoms with van der Waals surface area (Å²) < 4.78 is 0. The number of carbonyl (C=O) groups is 2. The van der Waals surface area contributed by atoms with Crippen molar-refractivity contribution in [2.75, 3.05) is 26.2 Å². The lowest BCUT2D eigenvalue weighted by Crippen LogP contribution is -2.44. The molecule has 0 bridgehead atoms. The van der Waals surface area contributed by atoms with Crippen molar-refractivity contribution in [2.24, 2.45) is 5.84 Å². The highest BCUT2D eigenvalue weighted by molar-refractivity contribution is 5.80. The van der Waals surface area contributed by atoms with E-state index in [2.05, 4.69) is 5.32 Å². The van der Waals surface area contributed by atoms with Crippen LogP contribution in [0.4, 0.5) is 0 Å². The maximum atomic E-state index is 11.2. The maximum absolute atomic E-state index is 11.2. The molecule has 6 nitrogen and oxygen atoms in total. The van der Waals surface area contributed by atoms with E-state index in [0.717, 1.165) is 0 Å². The Labute approximate surface area is 83.8 Å². The second-order valence-corrected chi connectivity index (χ2v) is 2.82. The lowest BCUT2D eigenvalue weighted by molar-refractivity contribution is -0.125. The van der Waals surface area contributed by atoms with Crippen LogP contribution in [0.5, 0.6) is 0 Å². The van der Waals surface area contributed by atoms with Crippen LogP contribution in [0.15, 0.2) is 0 Å². The molecule has 2 amide bonds. The number of hydrogen-bond acceptors (Lipinski definition) is 4. The summed E-state index contributed by atoms with van der Waals surface area (Å²) in [4.78, 5) is 23.8. The first kappa shape index (κ1) is 12.9. The minimum absolute atomic E-state index is 0.0841. The lowest BCUT2D eigenvalue weighted by Gasteiger charge is -2.18. The van der Waals surface area contributed by atoms with Crippen LogP contribution in [0.1, 0.15) is 13.8 Å². The van der Waals surface area contributed by atoms with Gasteiger partial charge in [0.25, 0.3) is 0 Å². The van der Waals surface area contributed by atoms with E-state index in [0.29, 0.717) is 13.1 Å². The topological polar surface area (TPSA) is 87.5 Å². The monoisotopic (exact) mass is 202 g/mol. The number of nitrogens with one attached hydrogen (secondary N) is 2. The number of nitrogens with two attached hydrogens (primary N) is 1. The van der Waals surface area contributed by atoms with Crippen molar-refractivity contribution in [1.29, 1.82) is 0 Å². The summed E-state index contributed by atoms with van der Waals surface area (Å²) in [7, 11) is 0. The van der Waals surface area contributed by atoms with Gasteiger partial charge in [0.05, 0.1) is 13.1 Å². The minimum atomic E-state index is -0.295. The molecular formula is C8H18N4O2. The van der Waals surface area contributed by atoms with Crippen LogP contribution >= 0.6 is 0 Å². The van der Waals surface area contributed by atoms with Gasteiger partial charge in [-0.25, -0.2) is 5.84 Å². The zero-order valence-corrected chi connectivity index (χ0v) is 8.67. The van der Waals surface area contributed by atoms with Gasteiger partial charge < -0.3 is 5.32 Å². The standard InChI is InChI=1S/C8H18N4O2/c1-3-10-7(13)5-12(4-2)6-8(14)11-9/h3-6,9H2,1-2H3,(H,10,13)(H,11,14). The number of amides is 2. The van der Waals surface area contributed by atoms with Gasteiger partial charge in [-0.05, 0) is 13.5 Å². The van der Waals surface area contributed by atoms with E-state index in [1.165, 1.54) is 0 Å². The Hall–Kier alpha value is -1.14. The van der Waals surface area contributed by atoms with Crippen LogP contribution in [0.25, 0.3) is 0 Å². The van der Waals surface area contributed by atoms with Crippen molar-refractivity contribution in [3.8, 4) is 0 Å². The first-order valence-corrected chi connectivity index (χ1v) is 4.62. The second-order valence-electron chi connectivity index (χ2n) is 2.82. The van der Waals surface area contributed by atoms with Crippen LogP contribution in [-0.4, -0.2) is 42.9 Å². The summed E-state index contributed by atoms with van der Waals surface area (Å²) in [6.45, 7) is 5.32. The summed E-state index contributed by atoms with van der Waals surface area (Å²) in [5.74, 6) is 4.56. The fourth-order valence-corrected chi connectivity index (χ4v) is 0.984. The molecule has 0 radical (unpaired) electrons. The molecule has 6 heteroatoms. The molecule has 0 heterocycles. The molecule has 0 rings (SSSR count). The van der Waals surface area contributed by atoms with Gasteiger partial charge in [0.1, 0.15) is 0 Å². The van der Waals surface area contributed by atoms with E-state index >= 15 is 0 Å². The Morgan fingerprint density at radius 2 is 1.79 bits per heavy atom. The van der Waals surface area contributed by atoms with Gasteiger partial charge in [-0.15, -0.1) is 0 Å². The quantitative estimate of drug-likeness (QED) is 0.276. The van der Waals surface area contributed by atoms with Gasteiger partial charge in [0.2, 0.25) is 11.8 Å². The van der Waals surface area contributed by atoms with Crippen LogP contribution in [0.3, 0.4) is 0 Å². The predicted octanol–water partition coefficient (Wildman–Crippen LogP) is -1.57. The molecule has 0 aliphatic carbocycles. The average Bonchev–Trinajstić information content (AvgIpc) is 2.16. The zero-order chi connectivity index (χ0) is 11.0. The molecule has 0 unspecified atom stereocenters. The number of rotatable bonds is 6. The summed E-state index contributed by atoms with van der Waals surface area (Å²) in [6, 6.07) is 0. The highest BCUT2D eigenvalue weighted by atomic mass is 16.2. The van der Waals surface area contributed by atoms with Gasteiger partial charge in [0, 0.05) is 6.54 Å². The van der Waals surface area contributed by atoms with Gasteiger partial charge in [0.15, 0.2) is 0 Å². The molecule has 4 N–H and O–H groups in total. The molecular weight excluding hydrogens is 184 g/mol. The second kappa shape index (κ2) is 7.28. The Morgan fingerprint density at radius 3 is 2.21 bits per heavy atom. The molecule has 0 aromatic carbocycles. The molecule has 82 valence electrons. The number of hydrazine groups is 1. The van der Waals surface area contributed by atoms with Crippen molar-refractivity contribution < 1.29 is 9.59 Å². The number of hydrogen-bond donors (Lipinski definition) is 3. The van der Waals surface area contributed by atoms with Gasteiger partial charge in [-0.3, -0.25) is 19.9 Å². The Morgan fingerprint density at radius 1 is 1.21 bits per heavy atom. The lowest BCUT2D eigenvalue weighted by atomic mass is 10.4. The highest BCUT2D eigenvalue weighted by Crippen LogP contribution is 1.86. The summed E-state index contributed by atoms with van der Waals surface area (Å²) in [6.07, 6.45) is 0. The van der Waals surface area contributed by atoms with Crippen LogP contribution in [0.2, 0.25) is 0 Å². The van der Waals surface area contributed by atoms with Crippen molar-refractivity contribution in [3.63, 3.8) is 0 Å².